The van der Waals surface area contributed by atoms with Crippen LogP contribution in [0, 0.1) is 18.8 Å². The number of aryl methyl sites for hydroxylation is 1. The third kappa shape index (κ3) is 3.59. The number of amides is 2. The van der Waals surface area contributed by atoms with Gasteiger partial charge in [-0.3, -0.25) is 14.6 Å². The average molecular weight is 402 g/mol. The molecule has 0 bridgehead atoms. The van der Waals surface area contributed by atoms with Gasteiger partial charge in [-0.2, -0.15) is 0 Å². The zero-order chi connectivity index (χ0) is 20.0. The number of hydrogen-bond donors (Lipinski definition) is 2. The summed E-state index contributed by atoms with van der Waals surface area (Å²) < 4.78 is 0. The lowest BCUT2D eigenvalue weighted by Gasteiger charge is -2.35. The van der Waals surface area contributed by atoms with Gasteiger partial charge in [-0.25, -0.2) is 0 Å². The molecule has 0 unspecified atom stereocenters. The van der Waals surface area contributed by atoms with Crippen LogP contribution in [0.15, 0.2) is 24.3 Å². The number of aliphatic hydroxyl groups excluding tert-OH is 1. The fourth-order valence-electron chi connectivity index (χ4n) is 4.69. The van der Waals surface area contributed by atoms with Crippen LogP contribution < -0.4 is 5.32 Å². The molecule has 28 heavy (non-hydrogen) atoms. The van der Waals surface area contributed by atoms with Gasteiger partial charge >= 0.3 is 0 Å². The Balaban J connectivity index is 1.58. The maximum absolute atomic E-state index is 13.3. The van der Waals surface area contributed by atoms with E-state index in [1.165, 1.54) is 6.92 Å². The van der Waals surface area contributed by atoms with Crippen molar-refractivity contribution in [2.24, 2.45) is 11.8 Å². The molecule has 2 amide bonds. The van der Waals surface area contributed by atoms with E-state index < -0.39 is 6.10 Å². The molecule has 1 aromatic carbocycles. The van der Waals surface area contributed by atoms with E-state index in [9.17, 15) is 14.7 Å². The Morgan fingerprint density at radius 1 is 1.21 bits per heavy atom. The maximum atomic E-state index is 13.3. The van der Waals surface area contributed by atoms with Crippen LogP contribution in [-0.4, -0.2) is 52.0 Å². The highest BCUT2D eigenvalue weighted by Crippen LogP contribution is 2.37. The Labute approximate surface area is 168 Å². The van der Waals surface area contributed by atoms with Gasteiger partial charge in [0.2, 0.25) is 5.91 Å². The highest BCUT2D eigenvalue weighted by atomic mass is 35.5. The number of nitrogens with one attached hydrogen (secondary N) is 1. The molecule has 6 nitrogen and oxygen atoms in total. The van der Waals surface area contributed by atoms with E-state index in [4.69, 9.17) is 11.6 Å². The molecule has 1 saturated heterocycles. The monoisotopic (exact) mass is 401 g/mol. The number of carbonyl (C=O) groups is 2. The largest absolute Gasteiger partial charge is 0.391 e. The second-order valence-corrected chi connectivity index (χ2v) is 8.49. The molecule has 2 aromatic rings. The lowest BCUT2D eigenvalue weighted by Crippen LogP contribution is -2.48. The lowest BCUT2D eigenvalue weighted by atomic mass is 9.77. The summed E-state index contributed by atoms with van der Waals surface area (Å²) in [6.07, 6.45) is 0.724. The first kappa shape index (κ1) is 19.2. The van der Waals surface area contributed by atoms with Crippen molar-refractivity contribution >= 4 is 34.3 Å². The van der Waals surface area contributed by atoms with Crippen LogP contribution in [0.4, 0.5) is 0 Å². The van der Waals surface area contributed by atoms with E-state index >= 15 is 0 Å². The van der Waals surface area contributed by atoms with Gasteiger partial charge in [0.15, 0.2) is 0 Å². The molecule has 148 valence electrons. The summed E-state index contributed by atoms with van der Waals surface area (Å²) in [7, 11) is 0. The summed E-state index contributed by atoms with van der Waals surface area (Å²) in [5.74, 6) is 0.366. The molecule has 0 spiro atoms. The van der Waals surface area contributed by atoms with Crippen molar-refractivity contribution in [3.8, 4) is 0 Å². The SMILES string of the molecule is CC(=O)N[C@@H]1C[C@@H]2CN(C(=O)c3cc(C)nc4ccc(Cl)cc34)C[C@@H]2C[C@H]1O. The van der Waals surface area contributed by atoms with Crippen LogP contribution in [0.1, 0.15) is 35.8 Å². The Hall–Kier alpha value is -2.18. The van der Waals surface area contributed by atoms with Crippen molar-refractivity contribution in [1.82, 2.24) is 15.2 Å². The van der Waals surface area contributed by atoms with Crippen LogP contribution in [-0.2, 0) is 4.79 Å². The van der Waals surface area contributed by atoms with Crippen LogP contribution in [0.2, 0.25) is 5.02 Å². The predicted octanol–water partition coefficient (Wildman–Crippen LogP) is 2.54. The first-order valence-corrected chi connectivity index (χ1v) is 10.0. The van der Waals surface area contributed by atoms with E-state index in [-0.39, 0.29) is 29.7 Å². The molecule has 1 aromatic heterocycles. The molecular formula is C21H24ClN3O3. The number of likely N-dealkylation sites (tertiary alicyclic amines) is 1. The van der Waals surface area contributed by atoms with Gasteiger partial charge in [-0.05, 0) is 55.9 Å². The molecule has 2 N–H and O–H groups in total. The van der Waals surface area contributed by atoms with Crippen molar-refractivity contribution in [3.05, 3.63) is 40.5 Å². The van der Waals surface area contributed by atoms with Crippen LogP contribution in [0.25, 0.3) is 10.9 Å². The van der Waals surface area contributed by atoms with Gasteiger partial charge in [-0.1, -0.05) is 11.6 Å². The summed E-state index contributed by atoms with van der Waals surface area (Å²) in [6.45, 7) is 4.60. The van der Waals surface area contributed by atoms with E-state index in [2.05, 4.69) is 10.3 Å². The number of aromatic nitrogens is 1. The topological polar surface area (TPSA) is 82.5 Å². The highest BCUT2D eigenvalue weighted by molar-refractivity contribution is 6.31. The van der Waals surface area contributed by atoms with Crippen LogP contribution in [0.3, 0.4) is 0 Å². The Bertz CT molecular complexity index is 948. The molecule has 2 aliphatic rings. The Morgan fingerprint density at radius 2 is 1.93 bits per heavy atom. The van der Waals surface area contributed by atoms with Gasteiger partial charge in [0, 0.05) is 36.1 Å². The highest BCUT2D eigenvalue weighted by Gasteiger charge is 2.43. The number of nitrogens with zero attached hydrogens (tertiary/aromatic N) is 2. The fourth-order valence-corrected chi connectivity index (χ4v) is 4.86. The van der Waals surface area contributed by atoms with E-state index in [1.54, 1.807) is 12.1 Å². The number of rotatable bonds is 2. The third-order valence-corrected chi connectivity index (χ3v) is 6.18. The van der Waals surface area contributed by atoms with E-state index in [0.29, 0.717) is 36.5 Å². The minimum absolute atomic E-state index is 0.0299. The van der Waals surface area contributed by atoms with Gasteiger partial charge in [-0.15, -0.1) is 0 Å². The van der Waals surface area contributed by atoms with Gasteiger partial charge in [0.05, 0.1) is 23.2 Å². The second-order valence-electron chi connectivity index (χ2n) is 8.05. The average Bonchev–Trinajstić information content (AvgIpc) is 3.03. The predicted molar refractivity (Wildman–Crippen MR) is 107 cm³/mol. The smallest absolute Gasteiger partial charge is 0.254 e. The summed E-state index contributed by atoms with van der Waals surface area (Å²) >= 11 is 6.15. The van der Waals surface area contributed by atoms with Gasteiger partial charge < -0.3 is 15.3 Å². The van der Waals surface area contributed by atoms with E-state index in [1.807, 2.05) is 24.0 Å². The Kier molecular flexibility index (Phi) is 5.02. The minimum Gasteiger partial charge on any atom is -0.391 e. The number of benzene rings is 1. The number of fused-ring (bicyclic) bond motifs is 2. The molecule has 1 aliphatic carbocycles. The van der Waals surface area contributed by atoms with Crippen molar-refractivity contribution in [1.29, 1.82) is 0 Å². The van der Waals surface area contributed by atoms with Gasteiger partial charge in [0.25, 0.3) is 5.91 Å². The number of aliphatic hydroxyl groups is 1. The van der Waals surface area contributed by atoms with Crippen molar-refractivity contribution < 1.29 is 14.7 Å². The van der Waals surface area contributed by atoms with Crippen molar-refractivity contribution in [2.75, 3.05) is 13.1 Å². The van der Waals surface area contributed by atoms with Gasteiger partial charge in [0.1, 0.15) is 0 Å². The Morgan fingerprint density at radius 3 is 2.64 bits per heavy atom. The standard InChI is InChI=1S/C21H24ClN3O3/c1-11-5-17(16-8-15(22)3-4-18(16)23-11)21(28)25-9-13-6-19(24-12(2)26)20(27)7-14(13)10-25/h3-5,8,13-14,19-20,27H,6-7,9-10H2,1-2H3,(H,24,26)/t13-,14+,19-,20-/m1/s1. The third-order valence-electron chi connectivity index (χ3n) is 5.95. The molecule has 1 aliphatic heterocycles. The molecule has 4 atom stereocenters. The fraction of sp³-hybridized carbons (Fsp3) is 0.476. The summed E-state index contributed by atoms with van der Waals surface area (Å²) in [5.41, 5.74) is 2.16. The zero-order valence-electron chi connectivity index (χ0n) is 16.0. The van der Waals surface area contributed by atoms with Crippen LogP contribution >= 0.6 is 11.6 Å². The summed E-state index contributed by atoms with van der Waals surface area (Å²) in [6, 6.07) is 6.98. The quantitative estimate of drug-likeness (QED) is 0.810. The number of carbonyl (C=O) groups excluding carboxylic acids is 2. The number of pyridine rings is 1. The number of hydrogen-bond acceptors (Lipinski definition) is 4. The molecule has 2 heterocycles. The summed E-state index contributed by atoms with van der Waals surface area (Å²) in [5, 5.41) is 14.5. The molecule has 4 rings (SSSR count). The normalized spacial score (nSPS) is 26.9. The molecule has 2 fully saturated rings. The first-order valence-electron chi connectivity index (χ1n) is 9.63. The van der Waals surface area contributed by atoms with Crippen LogP contribution in [0.5, 0.6) is 0 Å². The molecule has 0 radical (unpaired) electrons. The number of halogens is 1. The zero-order valence-corrected chi connectivity index (χ0v) is 16.7. The van der Waals surface area contributed by atoms with E-state index in [0.717, 1.165) is 16.6 Å². The van der Waals surface area contributed by atoms with Crippen molar-refractivity contribution in [3.63, 3.8) is 0 Å². The summed E-state index contributed by atoms with van der Waals surface area (Å²) in [4.78, 5) is 31.1. The van der Waals surface area contributed by atoms with Crippen molar-refractivity contribution in [2.45, 2.75) is 38.8 Å². The molecular weight excluding hydrogens is 378 g/mol. The second kappa shape index (κ2) is 7.33. The molecule has 7 heteroatoms. The maximum Gasteiger partial charge on any atom is 0.254 e. The lowest BCUT2D eigenvalue weighted by molar-refractivity contribution is -0.121. The first-order chi connectivity index (χ1) is 13.3. The minimum atomic E-state index is -0.567. The molecule has 1 saturated carbocycles.